The Hall–Kier alpha value is -1.75. The van der Waals surface area contributed by atoms with E-state index in [9.17, 15) is 4.79 Å². The minimum absolute atomic E-state index is 0.0705. The molecular weight excluding hydrogens is 322 g/mol. The number of carbonyl (C=O) groups is 1. The molecule has 0 saturated carbocycles. The highest BCUT2D eigenvalue weighted by molar-refractivity contribution is 9.10. The van der Waals surface area contributed by atoms with Gasteiger partial charge in [-0.2, -0.15) is 0 Å². The molecular formula is C15H16BrNO3. The fraction of sp³-hybridized carbons (Fsp3) is 0.267. The molecule has 2 rings (SSSR count). The zero-order valence-corrected chi connectivity index (χ0v) is 12.9. The molecule has 0 aliphatic rings. The van der Waals surface area contributed by atoms with E-state index in [2.05, 4.69) is 21.2 Å². The molecule has 0 radical (unpaired) electrons. The number of halogens is 1. The first-order valence-electron chi connectivity index (χ1n) is 6.24. The number of nitrogens with one attached hydrogen (secondary N) is 1. The van der Waals surface area contributed by atoms with Crippen molar-refractivity contribution in [3.8, 4) is 5.75 Å². The quantitative estimate of drug-likeness (QED) is 0.908. The Balaban J connectivity index is 1.98. The molecule has 4 nitrogen and oxygen atoms in total. The monoisotopic (exact) mass is 337 g/mol. The molecule has 1 unspecified atom stereocenters. The maximum atomic E-state index is 12.0. The molecule has 1 heterocycles. The third-order valence-corrected chi connectivity index (χ3v) is 3.45. The van der Waals surface area contributed by atoms with Crippen molar-refractivity contribution in [1.29, 1.82) is 0 Å². The van der Waals surface area contributed by atoms with Crippen LogP contribution < -0.4 is 10.1 Å². The molecule has 1 N–H and O–H groups in total. The Morgan fingerprint density at radius 2 is 2.25 bits per heavy atom. The van der Waals surface area contributed by atoms with Gasteiger partial charge >= 0.3 is 0 Å². The summed E-state index contributed by atoms with van der Waals surface area (Å²) in [7, 11) is 1.61. The summed E-state index contributed by atoms with van der Waals surface area (Å²) in [4.78, 5) is 12.0. The average Bonchev–Trinajstić information content (AvgIpc) is 2.97. The van der Waals surface area contributed by atoms with Gasteiger partial charge in [0, 0.05) is 11.0 Å². The standard InChI is InChI=1S/C15H16BrNO3/c1-10(14-4-3-5-20-14)15(18)17-9-11-6-12(16)8-13(7-11)19-2/h3-8,10H,9H2,1-2H3,(H,17,18). The van der Waals surface area contributed by atoms with Crippen molar-refractivity contribution in [1.82, 2.24) is 5.32 Å². The number of benzene rings is 1. The molecule has 0 aliphatic carbocycles. The minimum Gasteiger partial charge on any atom is -0.497 e. The first-order chi connectivity index (χ1) is 9.60. The van der Waals surface area contributed by atoms with Gasteiger partial charge < -0.3 is 14.5 Å². The average molecular weight is 338 g/mol. The lowest BCUT2D eigenvalue weighted by atomic mass is 10.1. The number of hydrogen-bond acceptors (Lipinski definition) is 3. The topological polar surface area (TPSA) is 51.5 Å². The molecule has 0 aliphatic heterocycles. The largest absolute Gasteiger partial charge is 0.497 e. The van der Waals surface area contributed by atoms with Crippen molar-refractivity contribution in [3.05, 3.63) is 52.4 Å². The van der Waals surface area contributed by atoms with Gasteiger partial charge in [0.25, 0.3) is 0 Å². The molecule has 5 heteroatoms. The second-order valence-electron chi connectivity index (χ2n) is 4.45. The fourth-order valence-corrected chi connectivity index (χ4v) is 2.37. The van der Waals surface area contributed by atoms with E-state index in [1.165, 1.54) is 0 Å². The van der Waals surface area contributed by atoms with Gasteiger partial charge in [0.05, 0.1) is 19.3 Å². The number of hydrogen-bond donors (Lipinski definition) is 1. The van der Waals surface area contributed by atoms with Gasteiger partial charge in [-0.25, -0.2) is 0 Å². The second-order valence-corrected chi connectivity index (χ2v) is 5.37. The summed E-state index contributed by atoms with van der Waals surface area (Å²) in [5.74, 6) is 1.04. The number of methoxy groups -OCH3 is 1. The fourth-order valence-electron chi connectivity index (χ4n) is 1.85. The lowest BCUT2D eigenvalue weighted by Gasteiger charge is -2.11. The van der Waals surface area contributed by atoms with Crippen LogP contribution in [0.25, 0.3) is 0 Å². The number of rotatable bonds is 5. The third-order valence-electron chi connectivity index (χ3n) is 3.00. The maximum Gasteiger partial charge on any atom is 0.230 e. The van der Waals surface area contributed by atoms with Crippen LogP contribution >= 0.6 is 15.9 Å². The summed E-state index contributed by atoms with van der Waals surface area (Å²) in [5.41, 5.74) is 0.969. The van der Waals surface area contributed by atoms with Gasteiger partial charge in [-0.3, -0.25) is 4.79 Å². The predicted molar refractivity (Wildman–Crippen MR) is 79.7 cm³/mol. The summed E-state index contributed by atoms with van der Waals surface area (Å²) < 4.78 is 11.3. The van der Waals surface area contributed by atoms with Crippen LogP contribution in [0.2, 0.25) is 0 Å². The van der Waals surface area contributed by atoms with Crippen LogP contribution in [-0.4, -0.2) is 13.0 Å². The normalized spacial score (nSPS) is 11.9. The van der Waals surface area contributed by atoms with Crippen molar-refractivity contribution in [2.24, 2.45) is 0 Å². The molecule has 1 aromatic heterocycles. The Bertz CT molecular complexity index is 581. The van der Waals surface area contributed by atoms with Crippen molar-refractivity contribution in [3.63, 3.8) is 0 Å². The second kappa shape index (κ2) is 6.61. The molecule has 0 fully saturated rings. The summed E-state index contributed by atoms with van der Waals surface area (Å²) in [6.07, 6.45) is 1.57. The van der Waals surface area contributed by atoms with Crippen LogP contribution in [0.1, 0.15) is 24.2 Å². The van der Waals surface area contributed by atoms with E-state index in [0.717, 1.165) is 15.8 Å². The summed E-state index contributed by atoms with van der Waals surface area (Å²) >= 11 is 3.41. The van der Waals surface area contributed by atoms with E-state index < -0.39 is 0 Å². The molecule has 1 aromatic carbocycles. The van der Waals surface area contributed by atoms with Gasteiger partial charge in [0.1, 0.15) is 11.5 Å². The van der Waals surface area contributed by atoms with Gasteiger partial charge in [-0.15, -0.1) is 0 Å². The Morgan fingerprint density at radius 3 is 2.90 bits per heavy atom. The number of ether oxygens (including phenoxy) is 1. The van der Waals surface area contributed by atoms with E-state index in [0.29, 0.717) is 12.3 Å². The highest BCUT2D eigenvalue weighted by atomic mass is 79.9. The highest BCUT2D eigenvalue weighted by Crippen LogP contribution is 2.21. The van der Waals surface area contributed by atoms with E-state index >= 15 is 0 Å². The minimum atomic E-state index is -0.306. The molecule has 1 atom stereocenters. The summed E-state index contributed by atoms with van der Waals surface area (Å²) in [6, 6.07) is 9.28. The molecule has 0 bridgehead atoms. The summed E-state index contributed by atoms with van der Waals surface area (Å²) in [6.45, 7) is 2.26. The summed E-state index contributed by atoms with van der Waals surface area (Å²) in [5, 5.41) is 2.89. The van der Waals surface area contributed by atoms with Crippen molar-refractivity contribution < 1.29 is 13.9 Å². The molecule has 1 amide bonds. The molecule has 0 saturated heterocycles. The van der Waals surface area contributed by atoms with Crippen LogP contribution in [0.15, 0.2) is 45.5 Å². The SMILES string of the molecule is COc1cc(Br)cc(CNC(=O)C(C)c2ccco2)c1. The predicted octanol–water partition coefficient (Wildman–Crippen LogP) is 3.47. The molecule has 106 valence electrons. The van der Waals surface area contributed by atoms with E-state index in [1.54, 1.807) is 25.5 Å². The molecule has 2 aromatic rings. The Kier molecular flexibility index (Phi) is 4.84. The highest BCUT2D eigenvalue weighted by Gasteiger charge is 2.17. The van der Waals surface area contributed by atoms with Crippen molar-refractivity contribution in [2.75, 3.05) is 7.11 Å². The van der Waals surface area contributed by atoms with E-state index in [1.807, 2.05) is 25.1 Å². The molecule has 20 heavy (non-hydrogen) atoms. The van der Waals surface area contributed by atoms with Crippen LogP contribution in [-0.2, 0) is 11.3 Å². The first-order valence-corrected chi connectivity index (χ1v) is 7.04. The number of furan rings is 1. The Morgan fingerprint density at radius 1 is 1.45 bits per heavy atom. The van der Waals surface area contributed by atoms with Gasteiger partial charge in [0.15, 0.2) is 0 Å². The van der Waals surface area contributed by atoms with E-state index in [4.69, 9.17) is 9.15 Å². The third kappa shape index (κ3) is 3.63. The van der Waals surface area contributed by atoms with Crippen molar-refractivity contribution in [2.45, 2.75) is 19.4 Å². The van der Waals surface area contributed by atoms with Crippen LogP contribution in [0, 0.1) is 0 Å². The van der Waals surface area contributed by atoms with Gasteiger partial charge in [-0.1, -0.05) is 15.9 Å². The number of carbonyl (C=O) groups excluding carboxylic acids is 1. The smallest absolute Gasteiger partial charge is 0.230 e. The van der Waals surface area contributed by atoms with Gasteiger partial charge in [0.2, 0.25) is 5.91 Å². The maximum absolute atomic E-state index is 12.0. The van der Waals surface area contributed by atoms with Crippen LogP contribution in [0.3, 0.4) is 0 Å². The molecule has 0 spiro atoms. The lowest BCUT2D eigenvalue weighted by Crippen LogP contribution is -2.27. The van der Waals surface area contributed by atoms with Crippen LogP contribution in [0.5, 0.6) is 5.75 Å². The zero-order valence-electron chi connectivity index (χ0n) is 11.4. The van der Waals surface area contributed by atoms with Crippen LogP contribution in [0.4, 0.5) is 0 Å². The Labute approximate surface area is 126 Å². The van der Waals surface area contributed by atoms with E-state index in [-0.39, 0.29) is 11.8 Å². The first kappa shape index (κ1) is 14.7. The lowest BCUT2D eigenvalue weighted by molar-refractivity contribution is -0.122. The van der Waals surface area contributed by atoms with Gasteiger partial charge in [-0.05, 0) is 42.8 Å². The van der Waals surface area contributed by atoms with Crippen molar-refractivity contribution >= 4 is 21.8 Å². The number of amides is 1. The zero-order chi connectivity index (χ0) is 14.5.